The SMILES string of the molecule is c1ccc(-n2c3ccccc3c3cc(-c4ccc5c(c4)c4ccccc4n5-c4cccc(-c5nc6c7c(cccc7n5)Sc5ccccc5-6)c4)ccc32)cc1. The van der Waals surface area contributed by atoms with Crippen molar-refractivity contribution in [3.8, 4) is 45.1 Å². The lowest BCUT2D eigenvalue weighted by Gasteiger charge is -2.19. The van der Waals surface area contributed by atoms with Crippen molar-refractivity contribution in [2.24, 2.45) is 0 Å². The molecular weight excluding hydrogens is 689 g/mol. The molecule has 0 saturated carbocycles. The van der Waals surface area contributed by atoms with E-state index in [4.69, 9.17) is 9.97 Å². The first-order valence-electron chi connectivity index (χ1n) is 18.6. The minimum absolute atomic E-state index is 0.732. The lowest BCUT2D eigenvalue weighted by atomic mass is 10.0. The standard InChI is InChI=1S/C50H30N4S/c1-2-13-34(14-3-1)53-42-20-7-4-16-36(42)39-29-31(24-26-44(39)53)32-25-27-45-40(30-32)37-17-5-8-21-43(37)54(45)35-15-10-12-33(28-35)50-51-41-19-11-23-47-48(41)49(52-50)38-18-6-9-22-46(38)55-47/h1-30H. The summed E-state index contributed by atoms with van der Waals surface area (Å²) in [7, 11) is 0. The van der Waals surface area contributed by atoms with Crippen LogP contribution in [-0.2, 0) is 0 Å². The lowest BCUT2D eigenvalue weighted by Crippen LogP contribution is -2.01. The molecule has 11 aromatic rings. The maximum atomic E-state index is 5.26. The van der Waals surface area contributed by atoms with Crippen LogP contribution in [0.15, 0.2) is 192 Å². The number of rotatable bonds is 4. The Hall–Kier alpha value is -6.95. The second kappa shape index (κ2) is 11.8. The van der Waals surface area contributed by atoms with Crippen LogP contribution in [0.1, 0.15) is 0 Å². The molecule has 3 aromatic heterocycles. The first kappa shape index (κ1) is 30.5. The molecule has 4 nitrogen and oxygen atoms in total. The Bertz CT molecular complexity index is 3360. The molecule has 55 heavy (non-hydrogen) atoms. The van der Waals surface area contributed by atoms with Gasteiger partial charge in [-0.3, -0.25) is 0 Å². The Morgan fingerprint density at radius 1 is 0.382 bits per heavy atom. The summed E-state index contributed by atoms with van der Waals surface area (Å²) in [6.07, 6.45) is 0. The van der Waals surface area contributed by atoms with E-state index in [1.807, 2.05) is 0 Å². The molecule has 0 aliphatic carbocycles. The van der Waals surface area contributed by atoms with Gasteiger partial charge in [0.15, 0.2) is 5.82 Å². The van der Waals surface area contributed by atoms with Crippen LogP contribution in [0.4, 0.5) is 0 Å². The van der Waals surface area contributed by atoms with Crippen molar-refractivity contribution in [2.45, 2.75) is 9.79 Å². The Kier molecular flexibility index (Phi) is 6.53. The summed E-state index contributed by atoms with van der Waals surface area (Å²) in [6, 6.07) is 65.5. The summed E-state index contributed by atoms with van der Waals surface area (Å²) in [6.45, 7) is 0. The van der Waals surface area contributed by atoms with Gasteiger partial charge in [-0.1, -0.05) is 115 Å². The van der Waals surface area contributed by atoms with Crippen LogP contribution in [0.25, 0.3) is 99.7 Å². The fourth-order valence-corrected chi connectivity index (χ4v) is 9.76. The molecule has 12 rings (SSSR count). The first-order chi connectivity index (χ1) is 27.3. The van der Waals surface area contributed by atoms with E-state index in [0.717, 1.165) is 44.8 Å². The van der Waals surface area contributed by atoms with Crippen molar-refractivity contribution in [1.29, 1.82) is 0 Å². The zero-order valence-corrected chi connectivity index (χ0v) is 30.3. The van der Waals surface area contributed by atoms with Crippen molar-refractivity contribution < 1.29 is 0 Å². The molecule has 5 heteroatoms. The van der Waals surface area contributed by atoms with E-state index in [-0.39, 0.29) is 0 Å². The fourth-order valence-electron chi connectivity index (χ4n) is 8.65. The summed E-state index contributed by atoms with van der Waals surface area (Å²) in [4.78, 5) is 12.8. The molecule has 0 atom stereocenters. The van der Waals surface area contributed by atoms with Crippen LogP contribution < -0.4 is 0 Å². The molecular formula is C50H30N4S. The third kappa shape index (κ3) is 4.60. The van der Waals surface area contributed by atoms with Gasteiger partial charge in [-0.25, -0.2) is 9.97 Å². The van der Waals surface area contributed by atoms with Crippen molar-refractivity contribution in [2.75, 3.05) is 0 Å². The predicted octanol–water partition coefficient (Wildman–Crippen LogP) is 13.3. The number of fused-ring (bicyclic) bond motifs is 8. The predicted molar refractivity (Wildman–Crippen MR) is 229 cm³/mol. The normalized spacial score (nSPS) is 12.3. The van der Waals surface area contributed by atoms with Gasteiger partial charge in [0.25, 0.3) is 0 Å². The monoisotopic (exact) mass is 718 g/mol. The molecule has 0 bridgehead atoms. The molecule has 0 unspecified atom stereocenters. The summed E-state index contributed by atoms with van der Waals surface area (Å²) >= 11 is 1.80. The van der Waals surface area contributed by atoms with E-state index in [1.54, 1.807) is 11.8 Å². The van der Waals surface area contributed by atoms with Gasteiger partial charge >= 0.3 is 0 Å². The average molecular weight is 719 g/mol. The van der Waals surface area contributed by atoms with Gasteiger partial charge in [-0.05, 0) is 90.0 Å². The van der Waals surface area contributed by atoms with Crippen LogP contribution in [0.5, 0.6) is 0 Å². The molecule has 0 saturated heterocycles. The summed E-state index contributed by atoms with van der Waals surface area (Å²) in [5.41, 5.74) is 13.5. The minimum atomic E-state index is 0.732. The van der Waals surface area contributed by atoms with Crippen molar-refractivity contribution in [1.82, 2.24) is 19.1 Å². The molecule has 256 valence electrons. The number of hydrogen-bond acceptors (Lipinski definition) is 3. The van der Waals surface area contributed by atoms with Crippen molar-refractivity contribution in [3.05, 3.63) is 182 Å². The maximum absolute atomic E-state index is 5.26. The molecule has 0 spiro atoms. The Morgan fingerprint density at radius 2 is 0.964 bits per heavy atom. The van der Waals surface area contributed by atoms with Crippen LogP contribution in [-0.4, -0.2) is 19.1 Å². The Morgan fingerprint density at radius 3 is 1.71 bits per heavy atom. The van der Waals surface area contributed by atoms with Crippen molar-refractivity contribution in [3.63, 3.8) is 0 Å². The third-order valence-electron chi connectivity index (χ3n) is 11.1. The van der Waals surface area contributed by atoms with E-state index >= 15 is 0 Å². The van der Waals surface area contributed by atoms with E-state index in [9.17, 15) is 0 Å². The molecule has 0 radical (unpaired) electrons. The maximum Gasteiger partial charge on any atom is 0.160 e. The van der Waals surface area contributed by atoms with E-state index in [1.165, 1.54) is 64.7 Å². The number of aromatic nitrogens is 4. The molecule has 0 fully saturated rings. The highest BCUT2D eigenvalue weighted by Gasteiger charge is 2.23. The van der Waals surface area contributed by atoms with E-state index in [0.29, 0.717) is 0 Å². The Balaban J connectivity index is 1.00. The highest BCUT2D eigenvalue weighted by Crippen LogP contribution is 2.47. The van der Waals surface area contributed by atoms with Gasteiger partial charge in [0, 0.05) is 59.2 Å². The molecule has 8 aromatic carbocycles. The van der Waals surface area contributed by atoms with Gasteiger partial charge < -0.3 is 9.13 Å². The van der Waals surface area contributed by atoms with E-state index in [2.05, 4.69) is 191 Å². The summed E-state index contributed by atoms with van der Waals surface area (Å²) in [5.74, 6) is 0.732. The van der Waals surface area contributed by atoms with Gasteiger partial charge in [-0.15, -0.1) is 0 Å². The van der Waals surface area contributed by atoms with Crippen LogP contribution in [0.2, 0.25) is 0 Å². The largest absolute Gasteiger partial charge is 0.309 e. The van der Waals surface area contributed by atoms with Crippen LogP contribution in [0, 0.1) is 0 Å². The number of para-hydroxylation sites is 3. The third-order valence-corrected chi connectivity index (χ3v) is 12.2. The fraction of sp³-hybridized carbons (Fsp3) is 0. The van der Waals surface area contributed by atoms with Crippen LogP contribution in [0.3, 0.4) is 0 Å². The summed E-state index contributed by atoms with van der Waals surface area (Å²) < 4.78 is 4.75. The van der Waals surface area contributed by atoms with Crippen molar-refractivity contribution >= 4 is 66.3 Å². The molecule has 0 N–H and O–H groups in total. The number of hydrogen-bond donors (Lipinski definition) is 0. The molecule has 1 aliphatic heterocycles. The smallest absolute Gasteiger partial charge is 0.160 e. The lowest BCUT2D eigenvalue weighted by molar-refractivity contribution is 1.16. The van der Waals surface area contributed by atoms with Gasteiger partial charge in [0.2, 0.25) is 0 Å². The van der Waals surface area contributed by atoms with E-state index < -0.39 is 0 Å². The topological polar surface area (TPSA) is 35.6 Å². The zero-order valence-electron chi connectivity index (χ0n) is 29.5. The first-order valence-corrected chi connectivity index (χ1v) is 19.4. The second-order valence-corrected chi connectivity index (χ2v) is 15.3. The average Bonchev–Trinajstić information content (AvgIpc) is 3.76. The second-order valence-electron chi connectivity index (χ2n) is 14.2. The quantitative estimate of drug-likeness (QED) is 0.182. The van der Waals surface area contributed by atoms with Gasteiger partial charge in [0.05, 0.1) is 33.3 Å². The molecule has 1 aliphatic rings. The van der Waals surface area contributed by atoms with Gasteiger partial charge in [-0.2, -0.15) is 0 Å². The number of nitrogens with zero attached hydrogens (tertiary/aromatic N) is 4. The molecule has 4 heterocycles. The zero-order chi connectivity index (χ0) is 36.0. The summed E-state index contributed by atoms with van der Waals surface area (Å²) in [5, 5.41) is 6.08. The number of benzene rings is 8. The molecule has 0 amide bonds. The highest BCUT2D eigenvalue weighted by atomic mass is 32.2. The highest BCUT2D eigenvalue weighted by molar-refractivity contribution is 7.99. The van der Waals surface area contributed by atoms with Gasteiger partial charge in [0.1, 0.15) is 0 Å². The minimum Gasteiger partial charge on any atom is -0.309 e. The van der Waals surface area contributed by atoms with Crippen LogP contribution >= 0.6 is 11.8 Å². The Labute approximate surface area is 321 Å².